The van der Waals surface area contributed by atoms with E-state index in [-0.39, 0.29) is 0 Å². The molecule has 2 aromatic carbocycles. The van der Waals surface area contributed by atoms with E-state index in [4.69, 9.17) is 14.2 Å². The number of rotatable bonds is 7. The van der Waals surface area contributed by atoms with Gasteiger partial charge in [-0.3, -0.25) is 4.79 Å². The highest BCUT2D eigenvalue weighted by molar-refractivity contribution is 5.94. The van der Waals surface area contributed by atoms with Crippen LogP contribution in [0.2, 0.25) is 0 Å². The number of ether oxygens (including phenoxy) is 3. The lowest BCUT2D eigenvalue weighted by atomic mass is 10.2. The van der Waals surface area contributed by atoms with Gasteiger partial charge in [-0.15, -0.1) is 0 Å². The van der Waals surface area contributed by atoms with Crippen molar-refractivity contribution in [1.29, 1.82) is 0 Å². The minimum absolute atomic E-state index is 0.324. The maximum atomic E-state index is 12.8. The van der Waals surface area contributed by atoms with Crippen molar-refractivity contribution >= 4 is 17.6 Å². The van der Waals surface area contributed by atoms with Crippen LogP contribution in [0.1, 0.15) is 12.5 Å². The predicted molar refractivity (Wildman–Crippen MR) is 93.8 cm³/mol. The molecule has 0 saturated heterocycles. The number of aryl methyl sites for hydroxylation is 1. The fourth-order valence-corrected chi connectivity index (χ4v) is 2.13. The molecule has 0 saturated carbocycles. The van der Waals surface area contributed by atoms with Gasteiger partial charge in [0.25, 0.3) is 5.91 Å². The van der Waals surface area contributed by atoms with E-state index in [0.29, 0.717) is 17.2 Å². The first-order chi connectivity index (χ1) is 12.4. The summed E-state index contributed by atoms with van der Waals surface area (Å²) in [7, 11) is 1.49. The summed E-state index contributed by atoms with van der Waals surface area (Å²) in [5.74, 6) is -0.791. The molecule has 7 heteroatoms. The Morgan fingerprint density at radius 2 is 1.85 bits per heavy atom. The fourth-order valence-electron chi connectivity index (χ4n) is 2.13. The minimum Gasteiger partial charge on any atom is -0.495 e. The molecular weight excluding hydrogens is 341 g/mol. The Morgan fingerprint density at radius 3 is 2.50 bits per heavy atom. The van der Waals surface area contributed by atoms with Crippen LogP contribution in [0.4, 0.5) is 10.1 Å². The highest BCUT2D eigenvalue weighted by Gasteiger charge is 2.18. The summed E-state index contributed by atoms with van der Waals surface area (Å²) in [5.41, 5.74) is 1.43. The SMILES string of the molecule is COc1ccc(C)cc1NC(=O)COC(=O)[C@@H](C)Oc1ccc(F)cc1. The molecule has 1 amide bonds. The van der Waals surface area contributed by atoms with Gasteiger partial charge >= 0.3 is 5.97 Å². The van der Waals surface area contributed by atoms with E-state index in [2.05, 4.69) is 5.32 Å². The Bertz CT molecular complexity index is 776. The lowest BCUT2D eigenvalue weighted by molar-refractivity contribution is -0.153. The number of hydrogen-bond acceptors (Lipinski definition) is 5. The second-order valence-electron chi connectivity index (χ2n) is 5.57. The smallest absolute Gasteiger partial charge is 0.347 e. The van der Waals surface area contributed by atoms with Crippen molar-refractivity contribution in [2.24, 2.45) is 0 Å². The van der Waals surface area contributed by atoms with Crippen LogP contribution in [0.25, 0.3) is 0 Å². The Balaban J connectivity index is 1.85. The fraction of sp³-hybridized carbons (Fsp3) is 0.263. The summed E-state index contributed by atoms with van der Waals surface area (Å²) in [4.78, 5) is 23.9. The van der Waals surface area contributed by atoms with Gasteiger partial charge in [-0.2, -0.15) is 0 Å². The average Bonchev–Trinajstić information content (AvgIpc) is 2.61. The lowest BCUT2D eigenvalue weighted by Crippen LogP contribution is -2.29. The molecule has 2 rings (SSSR count). The molecule has 1 N–H and O–H groups in total. The zero-order valence-corrected chi connectivity index (χ0v) is 14.7. The topological polar surface area (TPSA) is 73.9 Å². The van der Waals surface area contributed by atoms with Crippen molar-refractivity contribution in [3.63, 3.8) is 0 Å². The maximum Gasteiger partial charge on any atom is 0.347 e. The van der Waals surface area contributed by atoms with E-state index in [1.54, 1.807) is 12.1 Å². The molecule has 138 valence electrons. The van der Waals surface area contributed by atoms with Crippen molar-refractivity contribution < 1.29 is 28.2 Å². The number of benzene rings is 2. The third-order valence-electron chi connectivity index (χ3n) is 3.43. The maximum absolute atomic E-state index is 12.8. The molecule has 2 aromatic rings. The number of esters is 1. The number of carbonyl (C=O) groups excluding carboxylic acids is 2. The Labute approximate surface area is 150 Å². The van der Waals surface area contributed by atoms with Gasteiger partial charge in [-0.25, -0.2) is 9.18 Å². The number of halogens is 1. The Morgan fingerprint density at radius 1 is 1.15 bits per heavy atom. The zero-order valence-electron chi connectivity index (χ0n) is 14.7. The Kier molecular flexibility index (Phi) is 6.54. The van der Waals surface area contributed by atoms with Crippen LogP contribution in [0.3, 0.4) is 0 Å². The highest BCUT2D eigenvalue weighted by Crippen LogP contribution is 2.25. The van der Waals surface area contributed by atoms with Crippen molar-refractivity contribution in [2.75, 3.05) is 19.0 Å². The van der Waals surface area contributed by atoms with Crippen LogP contribution in [-0.2, 0) is 14.3 Å². The molecule has 0 bridgehead atoms. The third-order valence-corrected chi connectivity index (χ3v) is 3.43. The number of anilines is 1. The first kappa shape index (κ1) is 19.2. The molecule has 6 nitrogen and oxygen atoms in total. The van der Waals surface area contributed by atoms with E-state index < -0.39 is 30.4 Å². The van der Waals surface area contributed by atoms with Crippen LogP contribution in [0.15, 0.2) is 42.5 Å². The monoisotopic (exact) mass is 361 g/mol. The van der Waals surface area contributed by atoms with Gasteiger partial charge in [0.2, 0.25) is 0 Å². The summed E-state index contributed by atoms with van der Waals surface area (Å²) >= 11 is 0. The second-order valence-corrected chi connectivity index (χ2v) is 5.57. The van der Waals surface area contributed by atoms with Crippen LogP contribution in [0.5, 0.6) is 11.5 Å². The summed E-state index contributed by atoms with van der Waals surface area (Å²) in [5, 5.41) is 2.63. The predicted octanol–water partition coefficient (Wildman–Crippen LogP) is 3.09. The number of nitrogens with one attached hydrogen (secondary N) is 1. The molecular formula is C19H20FNO5. The van der Waals surface area contributed by atoms with E-state index in [1.807, 2.05) is 13.0 Å². The number of hydrogen-bond donors (Lipinski definition) is 1. The van der Waals surface area contributed by atoms with Gasteiger partial charge in [0.15, 0.2) is 12.7 Å². The van der Waals surface area contributed by atoms with Crippen molar-refractivity contribution in [3.05, 3.63) is 53.8 Å². The third kappa shape index (κ3) is 5.47. The van der Waals surface area contributed by atoms with Gasteiger partial charge in [0.1, 0.15) is 17.3 Å². The summed E-state index contributed by atoms with van der Waals surface area (Å²) in [6, 6.07) is 10.6. The lowest BCUT2D eigenvalue weighted by Gasteiger charge is -2.14. The molecule has 0 aliphatic carbocycles. The van der Waals surface area contributed by atoms with Crippen LogP contribution < -0.4 is 14.8 Å². The van der Waals surface area contributed by atoms with E-state index >= 15 is 0 Å². The van der Waals surface area contributed by atoms with E-state index in [1.165, 1.54) is 38.3 Å². The molecule has 0 unspecified atom stereocenters. The molecule has 0 aliphatic rings. The first-order valence-electron chi connectivity index (χ1n) is 7.92. The molecule has 0 fully saturated rings. The number of carbonyl (C=O) groups is 2. The molecule has 0 radical (unpaired) electrons. The first-order valence-corrected chi connectivity index (χ1v) is 7.92. The average molecular weight is 361 g/mol. The standard InChI is InChI=1S/C19H20FNO5/c1-12-4-9-17(24-3)16(10-12)21-18(22)11-25-19(23)13(2)26-15-7-5-14(20)6-8-15/h4-10,13H,11H2,1-3H3,(H,21,22)/t13-/m1/s1. The number of methoxy groups -OCH3 is 1. The van der Waals surface area contributed by atoms with E-state index in [0.717, 1.165) is 5.56 Å². The van der Waals surface area contributed by atoms with Crippen molar-refractivity contribution in [3.8, 4) is 11.5 Å². The Hall–Kier alpha value is -3.09. The van der Waals surface area contributed by atoms with E-state index in [9.17, 15) is 14.0 Å². The summed E-state index contributed by atoms with van der Waals surface area (Å²) in [6.45, 7) is 2.89. The van der Waals surface area contributed by atoms with Gasteiger partial charge in [0.05, 0.1) is 12.8 Å². The molecule has 1 atom stereocenters. The zero-order chi connectivity index (χ0) is 19.1. The van der Waals surface area contributed by atoms with Crippen LogP contribution in [0, 0.1) is 12.7 Å². The largest absolute Gasteiger partial charge is 0.495 e. The quantitative estimate of drug-likeness (QED) is 0.767. The minimum atomic E-state index is -0.943. The van der Waals surface area contributed by atoms with Gasteiger partial charge in [-0.1, -0.05) is 6.07 Å². The van der Waals surface area contributed by atoms with Gasteiger partial charge in [0, 0.05) is 0 Å². The molecule has 0 heterocycles. The van der Waals surface area contributed by atoms with Gasteiger partial charge in [-0.05, 0) is 55.8 Å². The van der Waals surface area contributed by atoms with Gasteiger partial charge < -0.3 is 19.5 Å². The molecule has 0 spiro atoms. The van der Waals surface area contributed by atoms with Crippen molar-refractivity contribution in [1.82, 2.24) is 0 Å². The van der Waals surface area contributed by atoms with Crippen LogP contribution >= 0.6 is 0 Å². The van der Waals surface area contributed by atoms with Crippen molar-refractivity contribution in [2.45, 2.75) is 20.0 Å². The molecule has 0 aliphatic heterocycles. The molecule has 0 aromatic heterocycles. The highest BCUT2D eigenvalue weighted by atomic mass is 19.1. The summed E-state index contributed by atoms with van der Waals surface area (Å²) in [6.07, 6.45) is -0.943. The van der Waals surface area contributed by atoms with Crippen LogP contribution in [-0.4, -0.2) is 31.7 Å². The normalized spacial score (nSPS) is 11.4. The molecule has 26 heavy (non-hydrogen) atoms. The second kappa shape index (κ2) is 8.84. The number of amides is 1. The summed E-state index contributed by atoms with van der Waals surface area (Å²) < 4.78 is 28.3.